The normalized spacial score (nSPS) is 20.9. The monoisotopic (exact) mass is 318 g/mol. The zero-order valence-electron chi connectivity index (χ0n) is 13.2. The van der Waals surface area contributed by atoms with E-state index in [1.807, 2.05) is 0 Å². The van der Waals surface area contributed by atoms with E-state index >= 15 is 0 Å². The highest BCUT2D eigenvalue weighted by Gasteiger charge is 2.27. The predicted octanol–water partition coefficient (Wildman–Crippen LogP) is 2.13. The standard InChI is InChI=1S/C15H22N6S/c1-15(2)3-6-20(7-4-15)14-17-11(10-22-14)13-19-18-12-9-16-5-8-21(12)13/h10,16H,3-9H2,1-2H3. The van der Waals surface area contributed by atoms with Gasteiger partial charge in [0.05, 0.1) is 6.54 Å². The van der Waals surface area contributed by atoms with E-state index in [-0.39, 0.29) is 0 Å². The van der Waals surface area contributed by atoms with Gasteiger partial charge in [-0.25, -0.2) is 4.98 Å². The lowest BCUT2D eigenvalue weighted by Crippen LogP contribution is -2.37. The van der Waals surface area contributed by atoms with E-state index in [4.69, 9.17) is 4.98 Å². The van der Waals surface area contributed by atoms with Gasteiger partial charge in [-0.15, -0.1) is 21.5 Å². The van der Waals surface area contributed by atoms with Gasteiger partial charge in [0, 0.05) is 31.6 Å². The summed E-state index contributed by atoms with van der Waals surface area (Å²) in [6, 6.07) is 0. The number of nitrogens with one attached hydrogen (secondary N) is 1. The summed E-state index contributed by atoms with van der Waals surface area (Å²) in [5.41, 5.74) is 1.43. The molecule has 22 heavy (non-hydrogen) atoms. The summed E-state index contributed by atoms with van der Waals surface area (Å²) in [4.78, 5) is 7.24. The highest BCUT2D eigenvalue weighted by atomic mass is 32.1. The van der Waals surface area contributed by atoms with Gasteiger partial charge >= 0.3 is 0 Å². The van der Waals surface area contributed by atoms with Crippen LogP contribution in [0.5, 0.6) is 0 Å². The summed E-state index contributed by atoms with van der Waals surface area (Å²) in [7, 11) is 0. The molecule has 0 spiro atoms. The minimum atomic E-state index is 0.468. The Balaban J connectivity index is 1.56. The van der Waals surface area contributed by atoms with Crippen molar-refractivity contribution in [1.29, 1.82) is 0 Å². The van der Waals surface area contributed by atoms with Crippen LogP contribution in [0.2, 0.25) is 0 Å². The van der Waals surface area contributed by atoms with E-state index in [2.05, 4.69) is 44.2 Å². The van der Waals surface area contributed by atoms with E-state index in [0.717, 1.165) is 55.2 Å². The van der Waals surface area contributed by atoms with Crippen molar-refractivity contribution < 1.29 is 0 Å². The SMILES string of the molecule is CC1(C)CCN(c2nc(-c3nnc4n3CCNC4)cs2)CC1. The van der Waals surface area contributed by atoms with Crippen LogP contribution < -0.4 is 10.2 Å². The lowest BCUT2D eigenvalue weighted by atomic mass is 9.83. The van der Waals surface area contributed by atoms with Crippen molar-refractivity contribution >= 4 is 16.5 Å². The summed E-state index contributed by atoms with van der Waals surface area (Å²) >= 11 is 1.72. The number of rotatable bonds is 2. The van der Waals surface area contributed by atoms with Crippen molar-refractivity contribution in [2.24, 2.45) is 5.41 Å². The van der Waals surface area contributed by atoms with Gasteiger partial charge in [0.2, 0.25) is 0 Å². The highest BCUT2D eigenvalue weighted by molar-refractivity contribution is 7.14. The molecule has 0 amide bonds. The van der Waals surface area contributed by atoms with Gasteiger partial charge in [0.25, 0.3) is 0 Å². The molecule has 1 N–H and O–H groups in total. The van der Waals surface area contributed by atoms with Gasteiger partial charge in [-0.05, 0) is 18.3 Å². The van der Waals surface area contributed by atoms with Gasteiger partial charge in [-0.2, -0.15) is 0 Å². The van der Waals surface area contributed by atoms with Crippen molar-refractivity contribution in [3.8, 4) is 11.5 Å². The van der Waals surface area contributed by atoms with Crippen LogP contribution in [0, 0.1) is 5.41 Å². The number of piperidine rings is 1. The van der Waals surface area contributed by atoms with Gasteiger partial charge in [0.1, 0.15) is 11.5 Å². The maximum Gasteiger partial charge on any atom is 0.185 e. The van der Waals surface area contributed by atoms with Gasteiger partial charge in [0.15, 0.2) is 11.0 Å². The fraction of sp³-hybridized carbons (Fsp3) is 0.667. The van der Waals surface area contributed by atoms with Crippen LogP contribution in [0.1, 0.15) is 32.5 Å². The van der Waals surface area contributed by atoms with Gasteiger partial charge in [-0.1, -0.05) is 13.8 Å². The molecule has 0 saturated carbocycles. The average Bonchev–Trinajstić information content (AvgIpc) is 3.13. The number of nitrogens with zero attached hydrogens (tertiary/aromatic N) is 5. The lowest BCUT2D eigenvalue weighted by Gasteiger charge is -2.36. The molecule has 118 valence electrons. The Morgan fingerprint density at radius 3 is 2.82 bits per heavy atom. The van der Waals surface area contributed by atoms with E-state index in [1.165, 1.54) is 12.8 Å². The number of thiazole rings is 1. The molecule has 0 bridgehead atoms. The Morgan fingerprint density at radius 2 is 2.00 bits per heavy atom. The second kappa shape index (κ2) is 5.31. The van der Waals surface area contributed by atoms with Crippen LogP contribution in [-0.4, -0.2) is 39.4 Å². The van der Waals surface area contributed by atoms with Crippen LogP contribution in [0.15, 0.2) is 5.38 Å². The molecule has 1 saturated heterocycles. The quantitative estimate of drug-likeness (QED) is 0.919. The van der Waals surface area contributed by atoms with E-state index in [9.17, 15) is 0 Å². The molecule has 2 aromatic rings. The Kier molecular flexibility index (Phi) is 3.41. The molecule has 2 aromatic heterocycles. The molecule has 4 rings (SSSR count). The number of anilines is 1. The Bertz CT molecular complexity index is 663. The van der Waals surface area contributed by atoms with Crippen molar-refractivity contribution in [3.63, 3.8) is 0 Å². The third kappa shape index (κ3) is 2.52. The first kappa shape index (κ1) is 14.1. The molecule has 0 aromatic carbocycles. The minimum absolute atomic E-state index is 0.468. The molecular formula is C15H22N6S. The molecular weight excluding hydrogens is 296 g/mol. The molecule has 0 aliphatic carbocycles. The minimum Gasteiger partial charge on any atom is -0.348 e. The predicted molar refractivity (Wildman–Crippen MR) is 88.1 cm³/mol. The van der Waals surface area contributed by atoms with Crippen LogP contribution in [0.4, 0.5) is 5.13 Å². The largest absolute Gasteiger partial charge is 0.348 e. The Labute approximate surface area is 134 Å². The average molecular weight is 318 g/mol. The van der Waals surface area contributed by atoms with Crippen LogP contribution in [0.25, 0.3) is 11.5 Å². The van der Waals surface area contributed by atoms with Crippen molar-refractivity contribution in [1.82, 2.24) is 25.1 Å². The highest BCUT2D eigenvalue weighted by Crippen LogP contribution is 2.34. The maximum atomic E-state index is 4.83. The lowest BCUT2D eigenvalue weighted by molar-refractivity contribution is 0.280. The molecule has 0 radical (unpaired) electrons. The Hall–Kier alpha value is -1.47. The molecule has 2 aliphatic rings. The smallest absolute Gasteiger partial charge is 0.185 e. The summed E-state index contributed by atoms with van der Waals surface area (Å²) in [6.07, 6.45) is 2.46. The zero-order chi connectivity index (χ0) is 15.2. The van der Waals surface area contributed by atoms with Crippen molar-refractivity contribution in [2.45, 2.75) is 39.8 Å². The first-order chi connectivity index (χ1) is 10.6. The van der Waals surface area contributed by atoms with E-state index < -0.39 is 0 Å². The van der Waals surface area contributed by atoms with E-state index in [1.54, 1.807) is 11.3 Å². The molecule has 0 atom stereocenters. The van der Waals surface area contributed by atoms with Crippen LogP contribution in [-0.2, 0) is 13.1 Å². The molecule has 4 heterocycles. The van der Waals surface area contributed by atoms with Crippen molar-refractivity contribution in [2.75, 3.05) is 24.5 Å². The van der Waals surface area contributed by atoms with E-state index in [0.29, 0.717) is 5.41 Å². The number of aromatic nitrogens is 4. The first-order valence-corrected chi connectivity index (χ1v) is 8.84. The summed E-state index contributed by atoms with van der Waals surface area (Å²) in [5.74, 6) is 1.92. The second-order valence-electron chi connectivity index (χ2n) is 6.93. The van der Waals surface area contributed by atoms with Crippen LogP contribution in [0.3, 0.4) is 0 Å². The second-order valence-corrected chi connectivity index (χ2v) is 7.77. The molecule has 1 fully saturated rings. The summed E-state index contributed by atoms with van der Waals surface area (Å²) < 4.78 is 2.19. The van der Waals surface area contributed by atoms with Gasteiger partial charge < -0.3 is 14.8 Å². The van der Waals surface area contributed by atoms with Crippen LogP contribution >= 0.6 is 11.3 Å². The van der Waals surface area contributed by atoms with Crippen molar-refractivity contribution in [3.05, 3.63) is 11.2 Å². The fourth-order valence-corrected chi connectivity index (χ4v) is 3.95. The first-order valence-electron chi connectivity index (χ1n) is 7.96. The molecule has 0 unspecified atom stereocenters. The topological polar surface area (TPSA) is 58.9 Å². The number of hydrogen-bond acceptors (Lipinski definition) is 6. The van der Waals surface area contributed by atoms with Gasteiger partial charge in [-0.3, -0.25) is 0 Å². The third-order valence-electron chi connectivity index (χ3n) is 4.73. The summed E-state index contributed by atoms with van der Waals surface area (Å²) in [5, 5.41) is 15.2. The molecule has 2 aliphatic heterocycles. The zero-order valence-corrected chi connectivity index (χ0v) is 14.0. The fourth-order valence-electron chi connectivity index (χ4n) is 3.10. The number of fused-ring (bicyclic) bond motifs is 1. The molecule has 6 nitrogen and oxygen atoms in total. The summed E-state index contributed by atoms with van der Waals surface area (Å²) in [6.45, 7) is 9.59. The Morgan fingerprint density at radius 1 is 1.18 bits per heavy atom. The third-order valence-corrected chi connectivity index (χ3v) is 5.63. The number of hydrogen-bond donors (Lipinski definition) is 1. The molecule has 7 heteroatoms. The maximum absolute atomic E-state index is 4.83.